The SMILES string of the molecule is Cc1[nH]cnc1CNCc1cc(Br)cs1. The molecule has 0 amide bonds. The molecule has 2 rings (SSSR count). The van der Waals surface area contributed by atoms with Crippen LogP contribution in [0.3, 0.4) is 0 Å². The van der Waals surface area contributed by atoms with Crippen molar-refractivity contribution in [2.45, 2.75) is 20.0 Å². The summed E-state index contributed by atoms with van der Waals surface area (Å²) in [6.45, 7) is 3.74. The third-order valence-electron chi connectivity index (χ3n) is 2.15. The van der Waals surface area contributed by atoms with E-state index in [0.29, 0.717) is 0 Å². The number of H-pyrrole nitrogens is 1. The van der Waals surface area contributed by atoms with E-state index in [-0.39, 0.29) is 0 Å². The van der Waals surface area contributed by atoms with Crippen LogP contribution in [0.4, 0.5) is 0 Å². The Morgan fingerprint density at radius 2 is 2.40 bits per heavy atom. The molecule has 2 heterocycles. The number of aromatic amines is 1. The lowest BCUT2D eigenvalue weighted by Crippen LogP contribution is -2.12. The summed E-state index contributed by atoms with van der Waals surface area (Å²) in [4.78, 5) is 8.62. The lowest BCUT2D eigenvalue weighted by atomic mass is 10.3. The van der Waals surface area contributed by atoms with Crippen molar-refractivity contribution in [3.05, 3.63) is 38.5 Å². The molecule has 0 bridgehead atoms. The lowest BCUT2D eigenvalue weighted by molar-refractivity contribution is 0.686. The van der Waals surface area contributed by atoms with Gasteiger partial charge in [0.2, 0.25) is 0 Å². The Balaban J connectivity index is 1.83. The largest absolute Gasteiger partial charge is 0.348 e. The molecule has 0 radical (unpaired) electrons. The molecule has 0 aromatic carbocycles. The van der Waals surface area contributed by atoms with E-state index < -0.39 is 0 Å². The van der Waals surface area contributed by atoms with E-state index >= 15 is 0 Å². The maximum Gasteiger partial charge on any atom is 0.0925 e. The Bertz CT molecular complexity index is 435. The molecule has 0 saturated heterocycles. The fourth-order valence-electron chi connectivity index (χ4n) is 1.32. The van der Waals surface area contributed by atoms with Crippen molar-refractivity contribution >= 4 is 27.3 Å². The van der Waals surface area contributed by atoms with Crippen molar-refractivity contribution in [3.8, 4) is 0 Å². The Hall–Kier alpha value is -0.650. The highest BCUT2D eigenvalue weighted by molar-refractivity contribution is 9.10. The van der Waals surface area contributed by atoms with Gasteiger partial charge in [0.1, 0.15) is 0 Å². The molecule has 15 heavy (non-hydrogen) atoms. The fourth-order valence-corrected chi connectivity index (χ4v) is 2.74. The van der Waals surface area contributed by atoms with E-state index in [1.54, 1.807) is 17.7 Å². The second-order valence-electron chi connectivity index (χ2n) is 3.31. The van der Waals surface area contributed by atoms with Crippen molar-refractivity contribution in [1.82, 2.24) is 15.3 Å². The molecule has 0 atom stereocenters. The number of rotatable bonds is 4. The van der Waals surface area contributed by atoms with Crippen LogP contribution in [0, 0.1) is 6.92 Å². The third kappa shape index (κ3) is 2.90. The first-order chi connectivity index (χ1) is 7.25. The van der Waals surface area contributed by atoms with E-state index in [0.717, 1.165) is 29.0 Å². The third-order valence-corrected chi connectivity index (χ3v) is 3.85. The van der Waals surface area contributed by atoms with Gasteiger partial charge in [-0.15, -0.1) is 11.3 Å². The standard InChI is InChI=1S/C10H12BrN3S/c1-7-10(14-6-13-7)4-12-3-9-2-8(11)5-15-9/h2,5-6,12H,3-4H2,1H3,(H,13,14). The molecule has 2 N–H and O–H groups in total. The van der Waals surface area contributed by atoms with Crippen LogP contribution in [0.5, 0.6) is 0 Å². The number of nitrogens with zero attached hydrogens (tertiary/aromatic N) is 1. The monoisotopic (exact) mass is 285 g/mol. The Morgan fingerprint density at radius 1 is 1.53 bits per heavy atom. The minimum atomic E-state index is 0.810. The number of halogens is 1. The molecule has 80 valence electrons. The molecular weight excluding hydrogens is 274 g/mol. The Labute approximate surface area is 101 Å². The molecule has 2 aromatic rings. The molecule has 3 nitrogen and oxygen atoms in total. The number of aryl methyl sites for hydroxylation is 1. The number of nitrogens with one attached hydrogen (secondary N) is 2. The Kier molecular flexibility index (Phi) is 3.56. The fraction of sp³-hybridized carbons (Fsp3) is 0.300. The maximum absolute atomic E-state index is 4.23. The van der Waals surface area contributed by atoms with Gasteiger partial charge in [-0.05, 0) is 28.9 Å². The molecule has 0 spiro atoms. The van der Waals surface area contributed by atoms with Crippen molar-refractivity contribution in [2.24, 2.45) is 0 Å². The zero-order chi connectivity index (χ0) is 10.7. The molecule has 0 aliphatic carbocycles. The number of thiophene rings is 1. The predicted molar refractivity (Wildman–Crippen MR) is 65.9 cm³/mol. The lowest BCUT2D eigenvalue weighted by Gasteiger charge is -2.00. The summed E-state index contributed by atoms with van der Waals surface area (Å²) in [7, 11) is 0. The van der Waals surface area contributed by atoms with Gasteiger partial charge in [0.05, 0.1) is 12.0 Å². The van der Waals surface area contributed by atoms with Crippen LogP contribution in [-0.4, -0.2) is 9.97 Å². The molecule has 2 aromatic heterocycles. The van der Waals surface area contributed by atoms with Gasteiger partial charge in [0, 0.05) is 33.5 Å². The summed E-state index contributed by atoms with van der Waals surface area (Å²) in [5.41, 5.74) is 2.22. The molecular formula is C10H12BrN3S. The molecule has 0 fully saturated rings. The molecule has 0 saturated carbocycles. The maximum atomic E-state index is 4.23. The van der Waals surface area contributed by atoms with Crippen LogP contribution in [0.2, 0.25) is 0 Å². The predicted octanol–water partition coefficient (Wildman–Crippen LogP) is 2.83. The van der Waals surface area contributed by atoms with Crippen LogP contribution < -0.4 is 5.32 Å². The summed E-state index contributed by atoms with van der Waals surface area (Å²) in [5, 5.41) is 5.46. The minimum Gasteiger partial charge on any atom is -0.348 e. The molecule has 5 heteroatoms. The average molecular weight is 286 g/mol. The second-order valence-corrected chi connectivity index (χ2v) is 5.22. The Morgan fingerprint density at radius 3 is 3.00 bits per heavy atom. The van der Waals surface area contributed by atoms with Crippen molar-refractivity contribution < 1.29 is 0 Å². The van der Waals surface area contributed by atoms with Crippen LogP contribution in [0.25, 0.3) is 0 Å². The van der Waals surface area contributed by atoms with E-state index in [1.807, 2.05) is 6.92 Å². The van der Waals surface area contributed by atoms with Gasteiger partial charge in [0.15, 0.2) is 0 Å². The van der Waals surface area contributed by atoms with Gasteiger partial charge in [-0.25, -0.2) is 4.98 Å². The number of hydrogen-bond acceptors (Lipinski definition) is 3. The first-order valence-electron chi connectivity index (χ1n) is 4.68. The second kappa shape index (κ2) is 4.92. The zero-order valence-corrected chi connectivity index (χ0v) is 10.8. The van der Waals surface area contributed by atoms with Crippen molar-refractivity contribution in [2.75, 3.05) is 0 Å². The quantitative estimate of drug-likeness (QED) is 0.907. The van der Waals surface area contributed by atoms with Gasteiger partial charge < -0.3 is 10.3 Å². The van der Waals surface area contributed by atoms with E-state index in [1.165, 1.54) is 4.88 Å². The highest BCUT2D eigenvalue weighted by atomic mass is 79.9. The summed E-state index contributed by atoms with van der Waals surface area (Å²) in [6.07, 6.45) is 1.73. The highest BCUT2D eigenvalue weighted by Crippen LogP contribution is 2.19. The minimum absolute atomic E-state index is 0.810. The molecule has 0 aliphatic heterocycles. The number of imidazole rings is 1. The summed E-state index contributed by atoms with van der Waals surface area (Å²) >= 11 is 5.19. The highest BCUT2D eigenvalue weighted by Gasteiger charge is 2.01. The summed E-state index contributed by atoms with van der Waals surface area (Å²) in [6, 6.07) is 2.13. The van der Waals surface area contributed by atoms with Gasteiger partial charge in [-0.1, -0.05) is 0 Å². The molecule has 0 unspecified atom stereocenters. The van der Waals surface area contributed by atoms with E-state index in [9.17, 15) is 0 Å². The van der Waals surface area contributed by atoms with Crippen LogP contribution in [0.15, 0.2) is 22.2 Å². The topological polar surface area (TPSA) is 40.7 Å². The van der Waals surface area contributed by atoms with Crippen molar-refractivity contribution in [1.29, 1.82) is 0 Å². The average Bonchev–Trinajstić information content (AvgIpc) is 2.77. The van der Waals surface area contributed by atoms with Gasteiger partial charge >= 0.3 is 0 Å². The van der Waals surface area contributed by atoms with Crippen LogP contribution in [0.1, 0.15) is 16.3 Å². The first-order valence-corrected chi connectivity index (χ1v) is 6.35. The van der Waals surface area contributed by atoms with E-state index in [2.05, 4.69) is 42.7 Å². The molecule has 0 aliphatic rings. The summed E-state index contributed by atoms with van der Waals surface area (Å²) < 4.78 is 1.15. The van der Waals surface area contributed by atoms with E-state index in [4.69, 9.17) is 0 Å². The normalized spacial score (nSPS) is 10.8. The first kappa shape index (κ1) is 10.9. The zero-order valence-electron chi connectivity index (χ0n) is 8.38. The van der Waals surface area contributed by atoms with Crippen molar-refractivity contribution in [3.63, 3.8) is 0 Å². The van der Waals surface area contributed by atoms with Gasteiger partial charge in [-0.3, -0.25) is 0 Å². The van der Waals surface area contributed by atoms with Crippen LogP contribution >= 0.6 is 27.3 Å². The number of hydrogen-bond donors (Lipinski definition) is 2. The summed E-state index contributed by atoms with van der Waals surface area (Å²) in [5.74, 6) is 0. The van der Waals surface area contributed by atoms with Gasteiger partial charge in [-0.2, -0.15) is 0 Å². The number of aromatic nitrogens is 2. The van der Waals surface area contributed by atoms with Crippen LogP contribution in [-0.2, 0) is 13.1 Å². The van der Waals surface area contributed by atoms with Gasteiger partial charge in [0.25, 0.3) is 0 Å². The smallest absolute Gasteiger partial charge is 0.0925 e.